The van der Waals surface area contributed by atoms with Gasteiger partial charge < -0.3 is 10.2 Å². The number of nitrogens with zero attached hydrogens (tertiary/aromatic N) is 1. The van der Waals surface area contributed by atoms with Crippen molar-refractivity contribution < 1.29 is 13.2 Å². The van der Waals surface area contributed by atoms with Gasteiger partial charge in [0.15, 0.2) is 0 Å². The molecule has 0 saturated carbocycles. The summed E-state index contributed by atoms with van der Waals surface area (Å²) in [7, 11) is 0. The predicted octanol–water partition coefficient (Wildman–Crippen LogP) is 4.51. The van der Waals surface area contributed by atoms with Crippen LogP contribution in [0.5, 0.6) is 0 Å². The van der Waals surface area contributed by atoms with Crippen molar-refractivity contribution in [2.75, 3.05) is 18.4 Å². The number of fused-ring (bicyclic) bond motifs is 1. The Morgan fingerprint density at radius 1 is 1.19 bits per heavy atom. The number of hydrogen-bond acceptors (Lipinski definition) is 2. The lowest BCUT2D eigenvalue weighted by molar-refractivity contribution is -0.137. The molecular weight excluding hydrogens is 345 g/mol. The van der Waals surface area contributed by atoms with E-state index >= 15 is 0 Å². The number of benzene rings is 1. The minimum atomic E-state index is -4.30. The lowest BCUT2D eigenvalue weighted by Crippen LogP contribution is -2.42. The largest absolute Gasteiger partial charge is 0.416 e. The van der Waals surface area contributed by atoms with Gasteiger partial charge in [-0.3, -0.25) is 0 Å². The summed E-state index contributed by atoms with van der Waals surface area (Å²) in [5, 5.41) is 3.40. The van der Waals surface area contributed by atoms with Crippen LogP contribution in [-0.2, 0) is 6.18 Å². The maximum Gasteiger partial charge on any atom is 0.416 e. The second kappa shape index (κ2) is 5.80. The zero-order chi connectivity index (χ0) is 15.0. The zero-order valence-electron chi connectivity index (χ0n) is 11.6. The van der Waals surface area contributed by atoms with Gasteiger partial charge in [0.05, 0.1) is 5.56 Å². The lowest BCUT2D eigenvalue weighted by Gasteiger charge is -2.35. The molecule has 0 bridgehead atoms. The van der Waals surface area contributed by atoms with E-state index in [9.17, 15) is 13.2 Å². The number of anilines is 1. The topological polar surface area (TPSA) is 15.3 Å². The quantitative estimate of drug-likeness (QED) is 0.832. The molecule has 2 heterocycles. The fourth-order valence-corrected chi connectivity index (χ4v) is 3.88. The highest BCUT2D eigenvalue weighted by Gasteiger charge is 2.33. The molecule has 1 N–H and O–H groups in total. The van der Waals surface area contributed by atoms with Crippen LogP contribution < -0.4 is 5.32 Å². The molecule has 2 nitrogen and oxygen atoms in total. The molecule has 2 aliphatic heterocycles. The molecule has 2 atom stereocenters. The first-order valence-electron chi connectivity index (χ1n) is 7.31. The van der Waals surface area contributed by atoms with Crippen LogP contribution in [-0.4, -0.2) is 30.1 Å². The van der Waals surface area contributed by atoms with Gasteiger partial charge in [0, 0.05) is 28.8 Å². The molecule has 2 fully saturated rings. The second-order valence-corrected chi connectivity index (χ2v) is 6.74. The van der Waals surface area contributed by atoms with Gasteiger partial charge in [-0.15, -0.1) is 0 Å². The second-order valence-electron chi connectivity index (χ2n) is 5.89. The third-order valence-corrected chi connectivity index (χ3v) is 5.13. The summed E-state index contributed by atoms with van der Waals surface area (Å²) >= 11 is 3.25. The Morgan fingerprint density at radius 2 is 2.00 bits per heavy atom. The van der Waals surface area contributed by atoms with Crippen molar-refractivity contribution in [1.82, 2.24) is 4.90 Å². The van der Waals surface area contributed by atoms with Crippen LogP contribution in [0, 0.1) is 0 Å². The summed E-state index contributed by atoms with van der Waals surface area (Å²) in [5.74, 6) is 0. The molecule has 116 valence electrons. The number of halogens is 4. The summed E-state index contributed by atoms with van der Waals surface area (Å²) < 4.78 is 38.5. The molecule has 2 unspecified atom stereocenters. The van der Waals surface area contributed by atoms with Gasteiger partial charge in [-0.25, -0.2) is 0 Å². The number of rotatable bonds is 2. The van der Waals surface area contributed by atoms with E-state index in [0.29, 0.717) is 16.6 Å². The SMILES string of the molecule is FC(F)(F)c1ccc(NC2CCN3CCCC3C2)c(Br)c1. The van der Waals surface area contributed by atoms with E-state index in [1.807, 2.05) is 0 Å². The van der Waals surface area contributed by atoms with Crippen molar-refractivity contribution in [3.8, 4) is 0 Å². The van der Waals surface area contributed by atoms with Gasteiger partial charge in [-0.05, 0) is 66.4 Å². The Balaban J connectivity index is 1.68. The molecule has 1 aromatic carbocycles. The first-order chi connectivity index (χ1) is 9.93. The highest BCUT2D eigenvalue weighted by molar-refractivity contribution is 9.10. The van der Waals surface area contributed by atoms with E-state index in [0.717, 1.165) is 37.2 Å². The van der Waals surface area contributed by atoms with Crippen LogP contribution >= 0.6 is 15.9 Å². The van der Waals surface area contributed by atoms with Crippen molar-refractivity contribution in [2.24, 2.45) is 0 Å². The van der Waals surface area contributed by atoms with Gasteiger partial charge in [-0.2, -0.15) is 13.2 Å². The Labute approximate surface area is 130 Å². The number of piperidine rings is 1. The molecule has 0 amide bonds. The van der Waals surface area contributed by atoms with Gasteiger partial charge in [-0.1, -0.05) is 0 Å². The van der Waals surface area contributed by atoms with Gasteiger partial charge in [0.2, 0.25) is 0 Å². The van der Waals surface area contributed by atoms with Crippen LogP contribution in [0.4, 0.5) is 18.9 Å². The van der Waals surface area contributed by atoms with Gasteiger partial charge >= 0.3 is 6.18 Å². The number of hydrogen-bond donors (Lipinski definition) is 1. The van der Waals surface area contributed by atoms with Crippen molar-refractivity contribution in [3.05, 3.63) is 28.2 Å². The highest BCUT2D eigenvalue weighted by atomic mass is 79.9. The average Bonchev–Trinajstić information content (AvgIpc) is 2.87. The number of alkyl halides is 3. The molecule has 1 aromatic rings. The van der Waals surface area contributed by atoms with E-state index in [-0.39, 0.29) is 0 Å². The van der Waals surface area contributed by atoms with Crippen molar-refractivity contribution >= 4 is 21.6 Å². The minimum Gasteiger partial charge on any atom is -0.381 e. The van der Waals surface area contributed by atoms with Gasteiger partial charge in [0.1, 0.15) is 0 Å². The minimum absolute atomic E-state index is 0.345. The summed E-state index contributed by atoms with van der Waals surface area (Å²) in [6.07, 6.45) is 0.335. The molecule has 3 rings (SSSR count). The molecule has 0 radical (unpaired) electrons. The first-order valence-corrected chi connectivity index (χ1v) is 8.10. The first kappa shape index (κ1) is 15.2. The Hall–Kier alpha value is -0.750. The van der Waals surface area contributed by atoms with E-state index in [1.165, 1.54) is 25.5 Å². The van der Waals surface area contributed by atoms with Crippen molar-refractivity contribution in [3.63, 3.8) is 0 Å². The normalized spacial score (nSPS) is 26.7. The molecule has 0 aromatic heterocycles. The van der Waals surface area contributed by atoms with Crippen LogP contribution in [0.25, 0.3) is 0 Å². The Kier molecular flexibility index (Phi) is 4.19. The smallest absolute Gasteiger partial charge is 0.381 e. The third-order valence-electron chi connectivity index (χ3n) is 4.48. The molecule has 21 heavy (non-hydrogen) atoms. The fourth-order valence-electron chi connectivity index (χ4n) is 3.38. The van der Waals surface area contributed by atoms with Crippen LogP contribution in [0.1, 0.15) is 31.2 Å². The van der Waals surface area contributed by atoms with Crippen molar-refractivity contribution in [1.29, 1.82) is 0 Å². The average molecular weight is 363 g/mol. The monoisotopic (exact) mass is 362 g/mol. The standard InChI is InChI=1S/C15H18BrF3N2/c16-13-8-10(15(17,18)19)3-4-14(13)20-11-5-7-21-6-1-2-12(21)9-11/h3-4,8,11-12,20H,1-2,5-7,9H2. The van der Waals surface area contributed by atoms with Crippen LogP contribution in [0.3, 0.4) is 0 Å². The summed E-state index contributed by atoms with van der Waals surface area (Å²) in [4.78, 5) is 2.53. The van der Waals surface area contributed by atoms with E-state index in [2.05, 4.69) is 26.1 Å². The predicted molar refractivity (Wildman–Crippen MR) is 80.4 cm³/mol. The third kappa shape index (κ3) is 3.37. The maximum absolute atomic E-state index is 12.7. The lowest BCUT2D eigenvalue weighted by atomic mass is 9.97. The molecule has 2 aliphatic rings. The molecule has 6 heteroatoms. The highest BCUT2D eigenvalue weighted by Crippen LogP contribution is 2.35. The zero-order valence-corrected chi connectivity index (χ0v) is 13.2. The summed E-state index contributed by atoms with van der Waals surface area (Å²) in [6.45, 7) is 2.28. The van der Waals surface area contributed by atoms with Crippen LogP contribution in [0.2, 0.25) is 0 Å². The van der Waals surface area contributed by atoms with Crippen LogP contribution in [0.15, 0.2) is 22.7 Å². The molecular formula is C15H18BrF3N2. The summed E-state index contributed by atoms with van der Waals surface area (Å²) in [5.41, 5.74) is 0.130. The Bertz CT molecular complexity index is 518. The number of nitrogens with one attached hydrogen (secondary N) is 1. The van der Waals surface area contributed by atoms with Gasteiger partial charge in [0.25, 0.3) is 0 Å². The Morgan fingerprint density at radius 3 is 2.71 bits per heavy atom. The van der Waals surface area contributed by atoms with E-state index < -0.39 is 11.7 Å². The summed E-state index contributed by atoms with van der Waals surface area (Å²) in [6, 6.07) is 4.79. The maximum atomic E-state index is 12.7. The molecule has 0 aliphatic carbocycles. The molecule has 2 saturated heterocycles. The fraction of sp³-hybridized carbons (Fsp3) is 0.600. The van der Waals surface area contributed by atoms with E-state index in [4.69, 9.17) is 0 Å². The van der Waals surface area contributed by atoms with E-state index in [1.54, 1.807) is 0 Å². The van der Waals surface area contributed by atoms with Crippen molar-refractivity contribution in [2.45, 2.75) is 43.9 Å². The molecule has 0 spiro atoms.